The molecule has 6 rings (SSSR count). The second-order valence-corrected chi connectivity index (χ2v) is 10.2. The van der Waals surface area contributed by atoms with Gasteiger partial charge in [0.15, 0.2) is 0 Å². The molecule has 2 heterocycles. The van der Waals surface area contributed by atoms with Crippen LogP contribution in [-0.4, -0.2) is 75.6 Å². The topological polar surface area (TPSA) is 107 Å². The number of imide groups is 1. The van der Waals surface area contributed by atoms with Crippen molar-refractivity contribution in [2.24, 2.45) is 0 Å². The summed E-state index contributed by atoms with van der Waals surface area (Å²) >= 11 is 0. The van der Waals surface area contributed by atoms with E-state index in [0.29, 0.717) is 0 Å². The zero-order valence-corrected chi connectivity index (χ0v) is 21.3. The van der Waals surface area contributed by atoms with Crippen molar-refractivity contribution in [1.82, 2.24) is 14.7 Å². The molecule has 0 unspecified atom stereocenters. The van der Waals surface area contributed by atoms with E-state index in [1.807, 2.05) is 78.9 Å². The number of fused-ring (bicyclic) bond motifs is 3. The van der Waals surface area contributed by atoms with E-state index in [0.717, 1.165) is 37.6 Å². The molecule has 2 fully saturated rings. The van der Waals surface area contributed by atoms with E-state index in [-0.39, 0.29) is 32.0 Å². The average molecular weight is 526 g/mol. The summed E-state index contributed by atoms with van der Waals surface area (Å²) in [6, 6.07) is 23.1. The Labute approximate surface area is 225 Å². The highest BCUT2D eigenvalue weighted by atomic mass is 16.6. The Kier molecular flexibility index (Phi) is 5.86. The third-order valence-electron chi connectivity index (χ3n) is 8.18. The van der Waals surface area contributed by atoms with Crippen molar-refractivity contribution < 1.29 is 29.0 Å². The van der Waals surface area contributed by atoms with Crippen LogP contribution in [0.5, 0.6) is 0 Å². The Balaban J connectivity index is 1.23. The van der Waals surface area contributed by atoms with Gasteiger partial charge in [-0.15, -0.1) is 0 Å². The number of amides is 4. The van der Waals surface area contributed by atoms with Crippen LogP contribution in [0.3, 0.4) is 0 Å². The van der Waals surface area contributed by atoms with Crippen LogP contribution in [0, 0.1) is 0 Å². The molecule has 1 aliphatic carbocycles. The van der Waals surface area contributed by atoms with Gasteiger partial charge in [-0.1, -0.05) is 78.9 Å². The van der Waals surface area contributed by atoms with Gasteiger partial charge < -0.3 is 14.7 Å². The number of likely N-dealkylation sites (N-methyl/N-ethyl adjacent to an activating group) is 1. The van der Waals surface area contributed by atoms with Gasteiger partial charge in [0.1, 0.15) is 18.2 Å². The van der Waals surface area contributed by atoms with E-state index in [9.17, 15) is 24.3 Å². The van der Waals surface area contributed by atoms with Gasteiger partial charge >= 0.3 is 18.1 Å². The number of urea groups is 1. The Morgan fingerprint density at radius 2 is 1.51 bits per heavy atom. The highest BCUT2D eigenvalue weighted by Gasteiger charge is 2.63. The molecule has 0 aromatic heterocycles. The van der Waals surface area contributed by atoms with Gasteiger partial charge in [0.2, 0.25) is 0 Å². The van der Waals surface area contributed by atoms with Crippen LogP contribution in [0.2, 0.25) is 0 Å². The lowest BCUT2D eigenvalue weighted by Gasteiger charge is -2.27. The van der Waals surface area contributed by atoms with E-state index in [1.54, 1.807) is 0 Å². The van der Waals surface area contributed by atoms with Crippen molar-refractivity contribution in [2.45, 2.75) is 30.5 Å². The number of carboxylic acids is 1. The molecule has 0 radical (unpaired) electrons. The molecule has 9 nitrogen and oxygen atoms in total. The zero-order valence-electron chi connectivity index (χ0n) is 21.3. The van der Waals surface area contributed by atoms with Crippen LogP contribution in [-0.2, 0) is 20.9 Å². The number of aliphatic carboxylic acids is 1. The maximum absolute atomic E-state index is 13.6. The molecule has 4 amide bonds. The fourth-order valence-electron chi connectivity index (χ4n) is 6.13. The first kappa shape index (κ1) is 24.7. The lowest BCUT2D eigenvalue weighted by atomic mass is 9.94. The number of hydrogen-bond acceptors (Lipinski definition) is 5. The Bertz CT molecular complexity index is 1450. The number of likely N-dealkylation sites (tertiary alicyclic amines) is 1. The Morgan fingerprint density at radius 3 is 2.13 bits per heavy atom. The van der Waals surface area contributed by atoms with E-state index >= 15 is 0 Å². The fourth-order valence-corrected chi connectivity index (χ4v) is 6.13. The van der Waals surface area contributed by atoms with Crippen LogP contribution < -0.4 is 0 Å². The molecule has 2 aliphatic heterocycles. The van der Waals surface area contributed by atoms with Gasteiger partial charge in [0, 0.05) is 19.4 Å². The molecular weight excluding hydrogens is 498 g/mol. The molecule has 3 aromatic rings. The smallest absolute Gasteiger partial charge is 0.410 e. The van der Waals surface area contributed by atoms with Crippen LogP contribution in [0.4, 0.5) is 9.59 Å². The van der Waals surface area contributed by atoms with Crippen molar-refractivity contribution in [3.05, 3.63) is 95.6 Å². The molecule has 2 saturated heterocycles. The number of carboxylic acid groups (broad SMARTS) is 1. The van der Waals surface area contributed by atoms with Gasteiger partial charge in [-0.25, -0.2) is 14.4 Å². The van der Waals surface area contributed by atoms with Crippen molar-refractivity contribution >= 4 is 24.0 Å². The second kappa shape index (κ2) is 9.27. The predicted molar refractivity (Wildman–Crippen MR) is 141 cm³/mol. The first-order valence-electron chi connectivity index (χ1n) is 12.8. The molecule has 1 N–H and O–H groups in total. The lowest BCUT2D eigenvalue weighted by Crippen LogP contribution is -2.50. The molecular formula is C30H27N3O6. The number of benzene rings is 3. The van der Waals surface area contributed by atoms with Crippen molar-refractivity contribution in [2.75, 3.05) is 20.2 Å². The van der Waals surface area contributed by atoms with Gasteiger partial charge in [0.05, 0.1) is 13.1 Å². The fraction of sp³-hybridized carbons (Fsp3) is 0.267. The van der Waals surface area contributed by atoms with Crippen LogP contribution in [0.15, 0.2) is 78.9 Å². The van der Waals surface area contributed by atoms with E-state index in [4.69, 9.17) is 4.74 Å². The van der Waals surface area contributed by atoms with Crippen LogP contribution in [0.25, 0.3) is 11.1 Å². The number of carbonyl (C=O) groups is 4. The van der Waals surface area contributed by atoms with Crippen LogP contribution in [0.1, 0.15) is 29.0 Å². The molecule has 39 heavy (non-hydrogen) atoms. The first-order chi connectivity index (χ1) is 18.8. The number of nitrogens with zero attached hydrogens (tertiary/aromatic N) is 3. The summed E-state index contributed by atoms with van der Waals surface area (Å²) in [4.78, 5) is 55.8. The summed E-state index contributed by atoms with van der Waals surface area (Å²) < 4.78 is 5.72. The maximum atomic E-state index is 13.6. The van der Waals surface area contributed by atoms with E-state index in [1.165, 1.54) is 11.9 Å². The lowest BCUT2D eigenvalue weighted by molar-refractivity contribution is -0.141. The highest BCUT2D eigenvalue weighted by molar-refractivity contribution is 6.08. The largest absolute Gasteiger partial charge is 0.480 e. The van der Waals surface area contributed by atoms with Crippen LogP contribution >= 0.6 is 0 Å². The van der Waals surface area contributed by atoms with E-state index in [2.05, 4.69) is 0 Å². The monoisotopic (exact) mass is 525 g/mol. The molecule has 198 valence electrons. The second-order valence-electron chi connectivity index (χ2n) is 10.2. The van der Waals surface area contributed by atoms with Gasteiger partial charge in [-0.05, 0) is 27.8 Å². The Morgan fingerprint density at radius 1 is 0.923 bits per heavy atom. The van der Waals surface area contributed by atoms with Crippen molar-refractivity contribution in [1.29, 1.82) is 0 Å². The first-order valence-corrected chi connectivity index (χ1v) is 12.8. The third kappa shape index (κ3) is 3.84. The molecule has 0 saturated carbocycles. The summed E-state index contributed by atoms with van der Waals surface area (Å²) in [5, 5.41) is 9.98. The quantitative estimate of drug-likeness (QED) is 0.506. The highest BCUT2D eigenvalue weighted by Crippen LogP contribution is 2.45. The summed E-state index contributed by atoms with van der Waals surface area (Å²) in [6.07, 6.45) is -1.03. The molecule has 3 aliphatic rings. The SMILES string of the molecule is CN1C(=O)N(Cc2ccccc2)C(=O)[C@]12C[C@@H](C(=O)O)N(C(=O)OCC1c3ccccc3-c3ccccc31)C2. The Hall–Kier alpha value is -4.66. The summed E-state index contributed by atoms with van der Waals surface area (Å²) in [7, 11) is 1.48. The molecule has 3 aromatic carbocycles. The third-order valence-corrected chi connectivity index (χ3v) is 8.18. The van der Waals surface area contributed by atoms with E-state index < -0.39 is 35.6 Å². The van der Waals surface area contributed by atoms with Gasteiger partial charge in [-0.3, -0.25) is 14.6 Å². The van der Waals surface area contributed by atoms with Gasteiger partial charge in [-0.2, -0.15) is 0 Å². The summed E-state index contributed by atoms with van der Waals surface area (Å²) in [5.74, 6) is -1.96. The molecule has 9 heteroatoms. The average Bonchev–Trinajstić information content (AvgIpc) is 3.56. The number of hydrogen-bond donors (Lipinski definition) is 1. The minimum Gasteiger partial charge on any atom is -0.480 e. The van der Waals surface area contributed by atoms with Crippen molar-refractivity contribution in [3.8, 4) is 11.1 Å². The minimum atomic E-state index is -1.47. The molecule has 1 spiro atoms. The van der Waals surface area contributed by atoms with Crippen molar-refractivity contribution in [3.63, 3.8) is 0 Å². The summed E-state index contributed by atoms with van der Waals surface area (Å²) in [5.41, 5.74) is 3.52. The summed E-state index contributed by atoms with van der Waals surface area (Å²) in [6.45, 7) is -0.175. The molecule has 0 bridgehead atoms. The zero-order chi connectivity index (χ0) is 27.3. The maximum Gasteiger partial charge on any atom is 0.410 e. The minimum absolute atomic E-state index is 0.0194. The number of ether oxygens (including phenoxy) is 1. The standard InChI is InChI=1S/C30H27N3O6/c1-31-28(37)32(16-19-9-3-2-4-10-19)27(36)30(31)15-25(26(34)35)33(18-30)29(38)39-17-24-22-13-7-5-11-20(22)21-12-6-8-14-23(21)24/h2-14,24-25H,15-18H2,1H3,(H,34,35)/t25-,30+/m0/s1. The predicted octanol–water partition coefficient (Wildman–Crippen LogP) is 3.93. The van der Waals surface area contributed by atoms with Gasteiger partial charge in [0.25, 0.3) is 5.91 Å². The number of rotatable bonds is 5. The number of carbonyl (C=O) groups excluding carboxylic acids is 3. The normalized spacial score (nSPS) is 22.0. The molecule has 2 atom stereocenters.